The fraction of sp³-hybridized carbons (Fsp3) is 0.227. The molecule has 2 aromatic rings. The van der Waals surface area contributed by atoms with Gasteiger partial charge in [0.15, 0.2) is 12.5 Å². The van der Waals surface area contributed by atoms with Crippen molar-refractivity contribution in [1.29, 1.82) is 0 Å². The van der Waals surface area contributed by atoms with E-state index >= 15 is 0 Å². The number of rotatable bonds is 7. The maximum atomic E-state index is 12.5. The number of hydrogen-bond acceptors (Lipinski definition) is 3. The Morgan fingerprint density at radius 2 is 1.79 bits per heavy atom. The highest BCUT2D eigenvalue weighted by Crippen LogP contribution is 2.49. The van der Waals surface area contributed by atoms with E-state index < -0.39 is 30.2 Å². The molecule has 0 bridgehead atoms. The highest BCUT2D eigenvalue weighted by molar-refractivity contribution is 6.30. The third-order valence-corrected chi connectivity index (χ3v) is 4.97. The maximum Gasteiger partial charge on any atom is 0.422 e. The first kappa shape index (κ1) is 24.9. The number of nitrogens with zero attached hydrogens (tertiary/aromatic N) is 2. The summed E-state index contributed by atoms with van der Waals surface area (Å²) in [4.78, 5) is 19.7. The van der Waals surface area contributed by atoms with Gasteiger partial charge in [-0.05, 0) is 61.4 Å². The molecule has 8 nitrogen and oxygen atoms in total. The second-order valence-corrected chi connectivity index (χ2v) is 7.87. The molecule has 1 fully saturated rings. The van der Waals surface area contributed by atoms with Gasteiger partial charge in [-0.1, -0.05) is 23.7 Å². The van der Waals surface area contributed by atoms with E-state index in [2.05, 4.69) is 31.9 Å². The average Bonchev–Trinajstić information content (AvgIpc) is 3.53. The maximum absolute atomic E-state index is 12.5. The Bertz CT molecular complexity index is 1110. The van der Waals surface area contributed by atoms with Crippen LogP contribution in [0.3, 0.4) is 0 Å². The van der Waals surface area contributed by atoms with Gasteiger partial charge in [0.2, 0.25) is 11.9 Å². The van der Waals surface area contributed by atoms with Crippen LogP contribution in [0.25, 0.3) is 0 Å². The second kappa shape index (κ2) is 10.0. The Morgan fingerprint density at radius 1 is 1.18 bits per heavy atom. The molecule has 34 heavy (non-hydrogen) atoms. The van der Waals surface area contributed by atoms with Crippen LogP contribution < -0.4 is 16.4 Å². The second-order valence-electron chi connectivity index (χ2n) is 7.43. The first-order chi connectivity index (χ1) is 16.0. The number of hydrogen-bond donors (Lipinski definition) is 4. The molecule has 0 amide bonds. The van der Waals surface area contributed by atoms with Crippen LogP contribution in [-0.2, 0) is 10.3 Å². The SMILES string of the molecule is C=C(NC(=NC1(c2ccc(Cl)cc2)CC1)/N=C(\N)Nc1ccc(C(=O)O)cc1)OCC(F)(F)F. The van der Waals surface area contributed by atoms with Crippen molar-refractivity contribution in [1.82, 2.24) is 5.32 Å². The fourth-order valence-corrected chi connectivity index (χ4v) is 3.07. The summed E-state index contributed by atoms with van der Waals surface area (Å²) < 4.78 is 42.1. The molecule has 0 aliphatic heterocycles. The van der Waals surface area contributed by atoms with Gasteiger partial charge in [-0.3, -0.25) is 5.32 Å². The van der Waals surface area contributed by atoms with Crippen LogP contribution in [0.1, 0.15) is 28.8 Å². The monoisotopic (exact) mass is 495 g/mol. The Balaban J connectivity index is 1.83. The Labute approximate surface area is 198 Å². The normalized spacial score (nSPS) is 15.4. The number of nitrogens with one attached hydrogen (secondary N) is 2. The van der Waals surface area contributed by atoms with E-state index in [0.717, 1.165) is 5.56 Å². The van der Waals surface area contributed by atoms with Gasteiger partial charge >= 0.3 is 12.1 Å². The Hall–Kier alpha value is -3.73. The highest BCUT2D eigenvalue weighted by Gasteiger charge is 2.45. The molecule has 0 aromatic heterocycles. The lowest BCUT2D eigenvalue weighted by molar-refractivity contribution is -0.165. The quantitative estimate of drug-likeness (QED) is 0.256. The molecule has 2 aromatic carbocycles. The number of carboxylic acid groups (broad SMARTS) is 1. The number of benzene rings is 2. The number of anilines is 1. The average molecular weight is 496 g/mol. The number of nitrogens with two attached hydrogens (primary N) is 1. The number of alkyl halides is 3. The van der Waals surface area contributed by atoms with Gasteiger partial charge in [0.1, 0.15) is 0 Å². The number of aliphatic imine (C=N–C) groups is 2. The zero-order valence-corrected chi connectivity index (χ0v) is 18.5. The minimum atomic E-state index is -4.55. The van der Waals surface area contributed by atoms with Crippen molar-refractivity contribution in [2.45, 2.75) is 24.6 Å². The van der Waals surface area contributed by atoms with Crippen LogP contribution in [-0.4, -0.2) is 35.8 Å². The molecule has 1 saturated carbocycles. The lowest BCUT2D eigenvalue weighted by Gasteiger charge is -2.16. The number of halogens is 4. The van der Waals surface area contributed by atoms with E-state index in [1.807, 2.05) is 0 Å². The zero-order chi connectivity index (χ0) is 24.9. The molecule has 0 saturated heterocycles. The van der Waals surface area contributed by atoms with Crippen molar-refractivity contribution >= 4 is 35.2 Å². The van der Waals surface area contributed by atoms with Gasteiger partial charge in [-0.2, -0.15) is 18.2 Å². The fourth-order valence-electron chi connectivity index (χ4n) is 2.94. The van der Waals surface area contributed by atoms with Gasteiger partial charge in [-0.15, -0.1) is 0 Å². The largest absolute Gasteiger partial charge is 0.478 e. The number of carbonyl (C=O) groups is 1. The summed E-state index contributed by atoms with van der Waals surface area (Å²) in [6, 6.07) is 12.8. The number of guanidine groups is 2. The summed E-state index contributed by atoms with van der Waals surface area (Å²) in [5.74, 6) is -1.76. The molecule has 180 valence electrons. The third-order valence-electron chi connectivity index (χ3n) is 4.72. The van der Waals surface area contributed by atoms with Crippen LogP contribution in [0.15, 0.2) is 71.0 Å². The van der Waals surface area contributed by atoms with E-state index in [4.69, 9.17) is 22.4 Å². The molecule has 1 aliphatic rings. The van der Waals surface area contributed by atoms with Crippen LogP contribution >= 0.6 is 11.6 Å². The van der Waals surface area contributed by atoms with Crippen molar-refractivity contribution in [3.8, 4) is 0 Å². The first-order valence-electron chi connectivity index (χ1n) is 9.92. The van der Waals surface area contributed by atoms with E-state index in [1.54, 1.807) is 24.3 Å². The van der Waals surface area contributed by atoms with Crippen LogP contribution in [0.4, 0.5) is 18.9 Å². The molecule has 5 N–H and O–H groups in total. The summed E-state index contributed by atoms with van der Waals surface area (Å²) >= 11 is 5.95. The number of aromatic carboxylic acids is 1. The lowest BCUT2D eigenvalue weighted by Crippen LogP contribution is -2.31. The minimum Gasteiger partial charge on any atom is -0.478 e. The predicted molar refractivity (Wildman–Crippen MR) is 123 cm³/mol. The third kappa shape index (κ3) is 7.14. The predicted octanol–water partition coefficient (Wildman–Crippen LogP) is 4.45. The van der Waals surface area contributed by atoms with Gasteiger partial charge in [0, 0.05) is 10.7 Å². The van der Waals surface area contributed by atoms with E-state index in [1.165, 1.54) is 24.3 Å². The molecule has 0 spiro atoms. The van der Waals surface area contributed by atoms with Crippen molar-refractivity contribution in [2.75, 3.05) is 11.9 Å². The van der Waals surface area contributed by atoms with Gasteiger partial charge in [0.05, 0.1) is 11.1 Å². The number of carboxylic acids is 1. The molecule has 12 heteroatoms. The van der Waals surface area contributed by atoms with Crippen molar-refractivity contribution in [3.63, 3.8) is 0 Å². The summed E-state index contributed by atoms with van der Waals surface area (Å²) in [6.45, 7) is 1.89. The minimum absolute atomic E-state index is 0.0849. The Kier molecular flexibility index (Phi) is 7.35. The van der Waals surface area contributed by atoms with Crippen LogP contribution in [0.2, 0.25) is 5.02 Å². The zero-order valence-electron chi connectivity index (χ0n) is 17.7. The molecular formula is C22H21ClF3N5O3. The summed E-state index contributed by atoms with van der Waals surface area (Å²) in [7, 11) is 0. The highest BCUT2D eigenvalue weighted by atomic mass is 35.5. The van der Waals surface area contributed by atoms with Gasteiger partial charge < -0.3 is 20.9 Å². The molecule has 0 atom stereocenters. The first-order valence-corrected chi connectivity index (χ1v) is 10.3. The van der Waals surface area contributed by atoms with E-state index in [0.29, 0.717) is 23.6 Å². The van der Waals surface area contributed by atoms with Crippen LogP contribution in [0, 0.1) is 0 Å². The molecular weight excluding hydrogens is 475 g/mol. The van der Waals surface area contributed by atoms with Gasteiger partial charge in [0.25, 0.3) is 0 Å². The molecule has 3 rings (SSSR count). The summed E-state index contributed by atoms with van der Waals surface area (Å²) in [6.07, 6.45) is -3.20. The summed E-state index contributed by atoms with van der Waals surface area (Å²) in [5, 5.41) is 14.8. The summed E-state index contributed by atoms with van der Waals surface area (Å²) in [5.41, 5.74) is 6.68. The van der Waals surface area contributed by atoms with Crippen molar-refractivity contribution in [2.24, 2.45) is 15.7 Å². The molecule has 0 unspecified atom stereocenters. The topological polar surface area (TPSA) is 121 Å². The van der Waals surface area contributed by atoms with Crippen LogP contribution in [0.5, 0.6) is 0 Å². The van der Waals surface area contributed by atoms with E-state index in [-0.39, 0.29) is 17.5 Å². The number of ether oxygens (including phenoxy) is 1. The Morgan fingerprint density at radius 3 is 2.32 bits per heavy atom. The van der Waals surface area contributed by atoms with Crippen molar-refractivity contribution < 1.29 is 27.8 Å². The molecule has 0 heterocycles. The van der Waals surface area contributed by atoms with Crippen molar-refractivity contribution in [3.05, 3.63) is 77.1 Å². The smallest absolute Gasteiger partial charge is 0.422 e. The molecule has 0 radical (unpaired) electrons. The van der Waals surface area contributed by atoms with Gasteiger partial charge in [-0.25, -0.2) is 9.79 Å². The van der Waals surface area contributed by atoms with E-state index in [9.17, 15) is 18.0 Å². The lowest BCUT2D eigenvalue weighted by atomic mass is 10.1. The molecule has 1 aliphatic carbocycles. The standard InChI is InChI=1S/C22H21ClF3N5O3/c1-13(34-12-22(24,25)26)28-20(31-21(10-11-21)15-4-6-16(23)7-5-15)30-19(27)29-17-8-2-14(3-9-17)18(32)33/h2-9H,1,10-12H2,(H,32,33)(H4,27,28,29,30,31).